The number of fused-ring (bicyclic) bond motifs is 1. The first-order chi connectivity index (χ1) is 7.25. The summed E-state index contributed by atoms with van der Waals surface area (Å²) in [5, 5.41) is 13.9. The summed E-state index contributed by atoms with van der Waals surface area (Å²) in [6.07, 6.45) is 3.76. The molecule has 1 aliphatic rings. The second-order valence-corrected chi connectivity index (χ2v) is 4.43. The Kier molecular flexibility index (Phi) is 1.92. The molecule has 0 radical (unpaired) electrons. The van der Waals surface area contributed by atoms with Crippen molar-refractivity contribution in [2.75, 3.05) is 0 Å². The number of aryl methyl sites for hydroxylation is 1. The lowest BCUT2D eigenvalue weighted by Gasteiger charge is -2.23. The van der Waals surface area contributed by atoms with Gasteiger partial charge in [0.05, 0.1) is 5.69 Å². The quantitative estimate of drug-likeness (QED) is 0.744. The zero-order chi connectivity index (χ0) is 10.4. The standard InChI is InChI=1S/C10H11ClN4/c1-15-10-7(5-8(11)12-13-10)9(14-15)6-3-2-4-6/h5-6H,2-4H2,1H3. The van der Waals surface area contributed by atoms with Gasteiger partial charge >= 0.3 is 0 Å². The smallest absolute Gasteiger partial charge is 0.180 e. The van der Waals surface area contributed by atoms with Crippen LogP contribution in [0.25, 0.3) is 11.0 Å². The van der Waals surface area contributed by atoms with E-state index in [0.717, 1.165) is 16.7 Å². The normalized spacial score (nSPS) is 16.9. The van der Waals surface area contributed by atoms with Crippen molar-refractivity contribution in [3.63, 3.8) is 0 Å². The molecule has 0 aliphatic heterocycles. The Bertz CT molecular complexity index is 515. The van der Waals surface area contributed by atoms with Crippen LogP contribution in [-0.2, 0) is 7.05 Å². The minimum absolute atomic E-state index is 0.441. The first-order valence-corrected chi connectivity index (χ1v) is 5.49. The fraction of sp³-hybridized carbons (Fsp3) is 0.500. The summed E-state index contributed by atoms with van der Waals surface area (Å²) < 4.78 is 1.78. The van der Waals surface area contributed by atoms with Crippen LogP contribution in [-0.4, -0.2) is 20.0 Å². The van der Waals surface area contributed by atoms with Crippen LogP contribution in [0.15, 0.2) is 6.07 Å². The molecule has 1 saturated carbocycles. The number of nitrogens with zero attached hydrogens (tertiary/aromatic N) is 4. The highest BCUT2D eigenvalue weighted by molar-refractivity contribution is 6.29. The zero-order valence-electron chi connectivity index (χ0n) is 8.44. The average Bonchev–Trinajstić information content (AvgIpc) is 2.41. The Morgan fingerprint density at radius 2 is 2.20 bits per heavy atom. The predicted molar refractivity (Wildman–Crippen MR) is 57.9 cm³/mol. The average molecular weight is 223 g/mol. The minimum Gasteiger partial charge on any atom is -0.249 e. The molecule has 0 bridgehead atoms. The van der Waals surface area contributed by atoms with E-state index in [9.17, 15) is 0 Å². The predicted octanol–water partition coefficient (Wildman–Crippen LogP) is 2.28. The lowest BCUT2D eigenvalue weighted by atomic mass is 9.82. The maximum Gasteiger partial charge on any atom is 0.180 e. The highest BCUT2D eigenvalue weighted by Crippen LogP contribution is 2.38. The van der Waals surface area contributed by atoms with E-state index in [4.69, 9.17) is 11.6 Å². The molecule has 0 atom stereocenters. The molecule has 0 spiro atoms. The molecule has 0 unspecified atom stereocenters. The van der Waals surface area contributed by atoms with Crippen LogP contribution in [0.2, 0.25) is 5.15 Å². The van der Waals surface area contributed by atoms with Crippen LogP contribution in [0.3, 0.4) is 0 Å². The molecular weight excluding hydrogens is 212 g/mol. The van der Waals surface area contributed by atoms with Crippen molar-refractivity contribution in [3.05, 3.63) is 16.9 Å². The maximum absolute atomic E-state index is 5.86. The van der Waals surface area contributed by atoms with Gasteiger partial charge in [-0.15, -0.1) is 10.2 Å². The largest absolute Gasteiger partial charge is 0.249 e. The second kappa shape index (κ2) is 3.17. The van der Waals surface area contributed by atoms with Gasteiger partial charge < -0.3 is 0 Å². The fourth-order valence-electron chi connectivity index (χ4n) is 2.04. The molecule has 0 amide bonds. The van der Waals surface area contributed by atoms with E-state index in [2.05, 4.69) is 15.3 Å². The van der Waals surface area contributed by atoms with Crippen LogP contribution in [0.4, 0.5) is 0 Å². The van der Waals surface area contributed by atoms with Crippen LogP contribution >= 0.6 is 11.6 Å². The third-order valence-corrected chi connectivity index (χ3v) is 3.26. The molecule has 0 N–H and O–H groups in total. The second-order valence-electron chi connectivity index (χ2n) is 4.04. The van der Waals surface area contributed by atoms with Crippen LogP contribution in [0.5, 0.6) is 0 Å². The van der Waals surface area contributed by atoms with Gasteiger partial charge in [0.2, 0.25) is 0 Å². The van der Waals surface area contributed by atoms with Gasteiger partial charge in [0.1, 0.15) is 0 Å². The van der Waals surface area contributed by atoms with E-state index in [-0.39, 0.29) is 0 Å². The minimum atomic E-state index is 0.441. The molecule has 2 aromatic rings. The third-order valence-electron chi connectivity index (χ3n) is 3.08. The lowest BCUT2D eigenvalue weighted by Crippen LogP contribution is -2.10. The Morgan fingerprint density at radius 3 is 2.87 bits per heavy atom. The van der Waals surface area contributed by atoms with Crippen molar-refractivity contribution < 1.29 is 0 Å². The van der Waals surface area contributed by atoms with E-state index < -0.39 is 0 Å². The van der Waals surface area contributed by atoms with Gasteiger partial charge in [0.15, 0.2) is 10.8 Å². The van der Waals surface area contributed by atoms with Crippen LogP contribution < -0.4 is 0 Å². The summed E-state index contributed by atoms with van der Waals surface area (Å²) in [6, 6.07) is 1.87. The molecular formula is C10H11ClN4. The van der Waals surface area contributed by atoms with Crippen molar-refractivity contribution in [1.82, 2.24) is 20.0 Å². The summed E-state index contributed by atoms with van der Waals surface area (Å²) in [7, 11) is 1.90. The van der Waals surface area contributed by atoms with E-state index in [1.807, 2.05) is 13.1 Å². The van der Waals surface area contributed by atoms with Crippen molar-refractivity contribution in [1.29, 1.82) is 0 Å². The molecule has 1 aliphatic carbocycles. The highest BCUT2D eigenvalue weighted by atomic mass is 35.5. The van der Waals surface area contributed by atoms with Crippen molar-refractivity contribution in [2.24, 2.45) is 7.05 Å². The highest BCUT2D eigenvalue weighted by Gasteiger charge is 2.25. The molecule has 2 aromatic heterocycles. The molecule has 0 saturated heterocycles. The van der Waals surface area contributed by atoms with Crippen molar-refractivity contribution in [3.8, 4) is 0 Å². The molecule has 0 aromatic carbocycles. The number of aromatic nitrogens is 4. The van der Waals surface area contributed by atoms with Gasteiger partial charge in [-0.25, -0.2) is 4.68 Å². The molecule has 5 heteroatoms. The van der Waals surface area contributed by atoms with Crippen molar-refractivity contribution in [2.45, 2.75) is 25.2 Å². The van der Waals surface area contributed by atoms with Crippen molar-refractivity contribution >= 4 is 22.6 Å². The van der Waals surface area contributed by atoms with Crippen LogP contribution in [0, 0.1) is 0 Å². The summed E-state index contributed by atoms with van der Waals surface area (Å²) in [4.78, 5) is 0. The summed E-state index contributed by atoms with van der Waals surface area (Å²) in [5.41, 5.74) is 1.96. The third kappa shape index (κ3) is 1.32. The Balaban J connectivity index is 2.24. The van der Waals surface area contributed by atoms with E-state index in [0.29, 0.717) is 11.1 Å². The molecule has 1 fully saturated rings. The van der Waals surface area contributed by atoms with E-state index in [1.54, 1.807) is 4.68 Å². The molecule has 3 rings (SSSR count). The van der Waals surface area contributed by atoms with Gasteiger partial charge in [-0.05, 0) is 18.9 Å². The van der Waals surface area contributed by atoms with Gasteiger partial charge in [-0.3, -0.25) is 0 Å². The van der Waals surface area contributed by atoms with Gasteiger partial charge in [0, 0.05) is 18.4 Å². The molecule has 15 heavy (non-hydrogen) atoms. The Morgan fingerprint density at radius 1 is 1.40 bits per heavy atom. The first-order valence-electron chi connectivity index (χ1n) is 5.11. The SMILES string of the molecule is Cn1nc(C2CCC2)c2cc(Cl)nnc21. The van der Waals surface area contributed by atoms with E-state index in [1.165, 1.54) is 19.3 Å². The van der Waals surface area contributed by atoms with Gasteiger partial charge in [-0.1, -0.05) is 18.0 Å². The summed E-state index contributed by atoms with van der Waals surface area (Å²) in [5.74, 6) is 0.592. The Labute approximate surface area is 92.3 Å². The first kappa shape index (κ1) is 9.09. The topological polar surface area (TPSA) is 43.6 Å². The monoisotopic (exact) mass is 222 g/mol. The van der Waals surface area contributed by atoms with Crippen LogP contribution in [0.1, 0.15) is 30.9 Å². The number of hydrogen-bond donors (Lipinski definition) is 0. The number of hydrogen-bond acceptors (Lipinski definition) is 3. The molecule has 2 heterocycles. The van der Waals surface area contributed by atoms with E-state index >= 15 is 0 Å². The van der Waals surface area contributed by atoms with Gasteiger partial charge in [-0.2, -0.15) is 5.10 Å². The number of halogens is 1. The zero-order valence-corrected chi connectivity index (χ0v) is 9.20. The molecule has 78 valence electrons. The lowest BCUT2D eigenvalue weighted by molar-refractivity contribution is 0.410. The fourth-order valence-corrected chi connectivity index (χ4v) is 2.18. The maximum atomic E-state index is 5.86. The van der Waals surface area contributed by atoms with Gasteiger partial charge in [0.25, 0.3) is 0 Å². The summed E-state index contributed by atoms with van der Waals surface area (Å²) >= 11 is 5.86. The number of rotatable bonds is 1. The summed E-state index contributed by atoms with van der Waals surface area (Å²) in [6.45, 7) is 0. The Hall–Kier alpha value is -1.16. The molecule has 4 nitrogen and oxygen atoms in total.